The topological polar surface area (TPSA) is 87.1 Å². The molecule has 0 aromatic heterocycles. The Bertz CT molecular complexity index is 724. The van der Waals surface area contributed by atoms with E-state index in [0.29, 0.717) is 5.69 Å². The third-order valence-corrected chi connectivity index (χ3v) is 3.10. The lowest BCUT2D eigenvalue weighted by molar-refractivity contribution is -0.120. The molecule has 0 spiro atoms. The van der Waals surface area contributed by atoms with Crippen LogP contribution in [0.4, 0.5) is 5.69 Å². The van der Waals surface area contributed by atoms with Crippen molar-refractivity contribution in [2.45, 2.75) is 0 Å². The van der Waals surface area contributed by atoms with Crippen LogP contribution in [0.15, 0.2) is 36.4 Å². The van der Waals surface area contributed by atoms with Crippen molar-refractivity contribution >= 4 is 17.9 Å². The van der Waals surface area contributed by atoms with Crippen molar-refractivity contribution in [3.8, 4) is 17.2 Å². The van der Waals surface area contributed by atoms with Gasteiger partial charge in [-0.05, 0) is 12.1 Å². The summed E-state index contributed by atoms with van der Waals surface area (Å²) in [5, 5.41) is 19.6. The first-order chi connectivity index (χ1) is 10.5. The van der Waals surface area contributed by atoms with Crippen LogP contribution in [0.1, 0.15) is 15.9 Å². The van der Waals surface area contributed by atoms with Gasteiger partial charge >= 0.3 is 0 Å². The number of rotatable bonds is 5. The Labute approximate surface area is 127 Å². The van der Waals surface area contributed by atoms with Crippen LogP contribution in [0.25, 0.3) is 0 Å². The molecule has 22 heavy (non-hydrogen) atoms. The second kappa shape index (κ2) is 6.17. The minimum atomic E-state index is -0.515. The predicted octanol–water partition coefficient (Wildman–Crippen LogP) is 1.93. The standard InChI is InChI=1S/C16H15NO5/c1-17(2)12-7-10(19)8-14(22-9-18)15(12)16(21)11-5-3-4-6-13(11)20/h3-9,19-20H,1-2H3. The lowest BCUT2D eigenvalue weighted by Crippen LogP contribution is -2.16. The van der Waals surface area contributed by atoms with Crippen LogP contribution in [0.3, 0.4) is 0 Å². The number of carbonyl (C=O) groups is 2. The normalized spacial score (nSPS) is 10.1. The number of nitrogens with zero attached hydrogens (tertiary/aromatic N) is 1. The summed E-state index contributed by atoms with van der Waals surface area (Å²) in [6, 6.07) is 8.62. The Balaban J connectivity index is 2.69. The van der Waals surface area contributed by atoms with Gasteiger partial charge in [0.1, 0.15) is 17.2 Å². The van der Waals surface area contributed by atoms with Crippen molar-refractivity contribution in [3.63, 3.8) is 0 Å². The SMILES string of the molecule is CN(C)c1cc(O)cc(OC=O)c1C(=O)c1ccccc1O. The molecule has 114 valence electrons. The first kappa shape index (κ1) is 15.4. The molecule has 6 nitrogen and oxygen atoms in total. The zero-order valence-corrected chi connectivity index (χ0v) is 12.1. The summed E-state index contributed by atoms with van der Waals surface area (Å²) in [6.07, 6.45) is 0. The fraction of sp³-hybridized carbons (Fsp3) is 0.125. The van der Waals surface area contributed by atoms with Crippen molar-refractivity contribution in [1.82, 2.24) is 0 Å². The number of para-hydroxylation sites is 1. The average Bonchev–Trinajstić information content (AvgIpc) is 2.46. The van der Waals surface area contributed by atoms with Crippen LogP contribution in [-0.2, 0) is 4.79 Å². The molecule has 0 radical (unpaired) electrons. The minimum absolute atomic E-state index is 0.0760. The van der Waals surface area contributed by atoms with Crippen molar-refractivity contribution in [2.75, 3.05) is 19.0 Å². The molecule has 0 unspecified atom stereocenters. The van der Waals surface area contributed by atoms with E-state index in [1.54, 1.807) is 31.1 Å². The van der Waals surface area contributed by atoms with E-state index in [0.717, 1.165) is 0 Å². The smallest absolute Gasteiger partial charge is 0.298 e. The van der Waals surface area contributed by atoms with E-state index in [4.69, 9.17) is 4.74 Å². The number of phenols is 2. The third kappa shape index (κ3) is 2.85. The van der Waals surface area contributed by atoms with Gasteiger partial charge in [0.2, 0.25) is 5.78 Å². The predicted molar refractivity (Wildman–Crippen MR) is 80.7 cm³/mol. The number of hydrogen-bond acceptors (Lipinski definition) is 6. The molecule has 0 aliphatic heterocycles. The summed E-state index contributed by atoms with van der Waals surface area (Å²) in [4.78, 5) is 25.0. The Hall–Kier alpha value is -3.02. The Kier molecular flexibility index (Phi) is 4.31. The molecule has 2 aromatic carbocycles. The number of ketones is 1. The largest absolute Gasteiger partial charge is 0.508 e. The molecule has 6 heteroatoms. The number of anilines is 1. The van der Waals surface area contributed by atoms with Gasteiger partial charge < -0.3 is 19.8 Å². The molecule has 2 rings (SSSR count). The van der Waals surface area contributed by atoms with E-state index in [9.17, 15) is 19.8 Å². The highest BCUT2D eigenvalue weighted by Gasteiger charge is 2.24. The number of carbonyl (C=O) groups excluding carboxylic acids is 2. The molecule has 2 N–H and O–H groups in total. The van der Waals surface area contributed by atoms with Crippen LogP contribution in [-0.4, -0.2) is 36.6 Å². The molecule has 0 amide bonds. The van der Waals surface area contributed by atoms with Gasteiger partial charge in [0.25, 0.3) is 6.47 Å². The van der Waals surface area contributed by atoms with Crippen molar-refractivity contribution in [2.24, 2.45) is 0 Å². The summed E-state index contributed by atoms with van der Waals surface area (Å²) >= 11 is 0. The maximum absolute atomic E-state index is 12.7. The lowest BCUT2D eigenvalue weighted by atomic mass is 9.99. The van der Waals surface area contributed by atoms with Gasteiger partial charge in [0, 0.05) is 26.2 Å². The number of aromatic hydroxyl groups is 2. The van der Waals surface area contributed by atoms with Crippen LogP contribution in [0.2, 0.25) is 0 Å². The Morgan fingerprint density at radius 3 is 2.45 bits per heavy atom. The molecule has 2 aromatic rings. The zero-order valence-electron chi connectivity index (χ0n) is 12.1. The summed E-state index contributed by atoms with van der Waals surface area (Å²) in [5.74, 6) is -0.915. The molecule has 0 aliphatic carbocycles. The molecule has 0 saturated carbocycles. The average molecular weight is 301 g/mol. The highest BCUT2D eigenvalue weighted by molar-refractivity contribution is 6.15. The fourth-order valence-electron chi connectivity index (χ4n) is 2.11. The maximum atomic E-state index is 12.7. The van der Waals surface area contributed by atoms with Crippen molar-refractivity contribution < 1.29 is 24.5 Å². The van der Waals surface area contributed by atoms with E-state index in [-0.39, 0.29) is 34.8 Å². The van der Waals surface area contributed by atoms with Gasteiger partial charge in [-0.25, -0.2) is 0 Å². The van der Waals surface area contributed by atoms with Crippen molar-refractivity contribution in [3.05, 3.63) is 47.5 Å². The summed E-state index contributed by atoms with van der Waals surface area (Å²) in [7, 11) is 3.36. The minimum Gasteiger partial charge on any atom is -0.508 e. The molecule has 0 atom stereocenters. The molecule has 0 heterocycles. The van der Waals surface area contributed by atoms with E-state index in [1.165, 1.54) is 24.3 Å². The maximum Gasteiger partial charge on any atom is 0.298 e. The van der Waals surface area contributed by atoms with E-state index >= 15 is 0 Å². The molecule has 0 aliphatic rings. The van der Waals surface area contributed by atoms with E-state index in [1.807, 2.05) is 0 Å². The third-order valence-electron chi connectivity index (χ3n) is 3.10. The number of hydrogen-bond donors (Lipinski definition) is 2. The van der Waals surface area contributed by atoms with Gasteiger partial charge in [-0.3, -0.25) is 9.59 Å². The Morgan fingerprint density at radius 1 is 1.18 bits per heavy atom. The fourth-order valence-corrected chi connectivity index (χ4v) is 2.11. The highest BCUT2D eigenvalue weighted by atomic mass is 16.5. The monoisotopic (exact) mass is 301 g/mol. The van der Waals surface area contributed by atoms with Crippen LogP contribution in [0.5, 0.6) is 17.2 Å². The molecule has 0 saturated heterocycles. The molecule has 0 fully saturated rings. The second-order valence-electron chi connectivity index (χ2n) is 4.79. The summed E-state index contributed by atoms with van der Waals surface area (Å²) in [5.41, 5.74) is 0.522. The zero-order chi connectivity index (χ0) is 16.3. The first-order valence-electron chi connectivity index (χ1n) is 6.43. The van der Waals surface area contributed by atoms with Gasteiger partial charge in [-0.15, -0.1) is 0 Å². The molecular weight excluding hydrogens is 286 g/mol. The highest BCUT2D eigenvalue weighted by Crippen LogP contribution is 2.36. The van der Waals surface area contributed by atoms with Crippen LogP contribution in [0, 0.1) is 0 Å². The number of benzene rings is 2. The number of ether oxygens (including phenoxy) is 1. The van der Waals surface area contributed by atoms with E-state index < -0.39 is 5.78 Å². The second-order valence-corrected chi connectivity index (χ2v) is 4.79. The Morgan fingerprint density at radius 2 is 1.86 bits per heavy atom. The van der Waals surface area contributed by atoms with Crippen LogP contribution >= 0.6 is 0 Å². The van der Waals surface area contributed by atoms with Gasteiger partial charge in [-0.2, -0.15) is 0 Å². The quantitative estimate of drug-likeness (QED) is 0.648. The van der Waals surface area contributed by atoms with Crippen molar-refractivity contribution in [1.29, 1.82) is 0 Å². The van der Waals surface area contributed by atoms with Gasteiger partial charge in [-0.1, -0.05) is 12.1 Å². The van der Waals surface area contributed by atoms with E-state index in [2.05, 4.69) is 0 Å². The first-order valence-corrected chi connectivity index (χ1v) is 6.43. The van der Waals surface area contributed by atoms with Gasteiger partial charge in [0.15, 0.2) is 0 Å². The molecule has 0 bridgehead atoms. The lowest BCUT2D eigenvalue weighted by Gasteiger charge is -2.19. The molecular formula is C16H15NO5. The summed E-state index contributed by atoms with van der Waals surface area (Å²) in [6.45, 7) is 0.176. The summed E-state index contributed by atoms with van der Waals surface area (Å²) < 4.78 is 4.82. The van der Waals surface area contributed by atoms with Crippen LogP contribution < -0.4 is 9.64 Å². The van der Waals surface area contributed by atoms with Gasteiger partial charge in [0.05, 0.1) is 16.8 Å². The number of phenolic OH excluding ortho intramolecular Hbond substituents is 2.